The SMILES string of the molecule is COCCNCc1ccc(F)cc1.Cl. The first kappa shape index (κ1) is 13.4. The van der Waals surface area contributed by atoms with E-state index in [9.17, 15) is 4.39 Å². The van der Waals surface area contributed by atoms with E-state index in [2.05, 4.69) is 5.32 Å². The van der Waals surface area contributed by atoms with Crippen LogP contribution >= 0.6 is 12.4 Å². The summed E-state index contributed by atoms with van der Waals surface area (Å²) < 4.78 is 17.4. The second-order valence-electron chi connectivity index (χ2n) is 2.80. The Kier molecular flexibility index (Phi) is 7.38. The zero-order chi connectivity index (χ0) is 9.52. The smallest absolute Gasteiger partial charge is 0.123 e. The number of rotatable bonds is 5. The van der Waals surface area contributed by atoms with Crippen LogP contribution in [0.25, 0.3) is 0 Å². The predicted octanol–water partition coefficient (Wildman–Crippen LogP) is 1.98. The molecule has 0 aliphatic carbocycles. The predicted molar refractivity (Wildman–Crippen MR) is 57.2 cm³/mol. The lowest BCUT2D eigenvalue weighted by Crippen LogP contribution is -2.18. The van der Waals surface area contributed by atoms with Gasteiger partial charge in [-0.1, -0.05) is 12.1 Å². The van der Waals surface area contributed by atoms with Crippen LogP contribution in [0, 0.1) is 5.82 Å². The lowest BCUT2D eigenvalue weighted by molar-refractivity contribution is 0.199. The number of methoxy groups -OCH3 is 1. The molecule has 0 radical (unpaired) electrons. The maximum Gasteiger partial charge on any atom is 0.123 e. The molecule has 0 atom stereocenters. The molecular formula is C10H15ClFNO. The molecule has 0 saturated carbocycles. The van der Waals surface area contributed by atoms with E-state index in [0.29, 0.717) is 6.61 Å². The minimum Gasteiger partial charge on any atom is -0.383 e. The third-order valence-corrected chi connectivity index (χ3v) is 1.73. The zero-order valence-corrected chi connectivity index (χ0v) is 8.94. The van der Waals surface area contributed by atoms with E-state index in [4.69, 9.17) is 4.74 Å². The number of benzene rings is 1. The van der Waals surface area contributed by atoms with Gasteiger partial charge in [0.2, 0.25) is 0 Å². The van der Waals surface area contributed by atoms with Crippen LogP contribution in [-0.4, -0.2) is 20.3 Å². The third-order valence-electron chi connectivity index (χ3n) is 1.73. The Labute approximate surface area is 89.9 Å². The highest BCUT2D eigenvalue weighted by molar-refractivity contribution is 5.85. The molecule has 0 amide bonds. The number of halogens is 2. The van der Waals surface area contributed by atoms with Crippen LogP contribution in [-0.2, 0) is 11.3 Å². The summed E-state index contributed by atoms with van der Waals surface area (Å²) in [5.41, 5.74) is 1.08. The van der Waals surface area contributed by atoms with Crippen LogP contribution in [0.4, 0.5) is 4.39 Å². The average molecular weight is 220 g/mol. The Hall–Kier alpha value is -0.640. The first-order chi connectivity index (χ1) is 6.33. The van der Waals surface area contributed by atoms with Gasteiger partial charge in [-0.25, -0.2) is 4.39 Å². The van der Waals surface area contributed by atoms with Crippen molar-refractivity contribution in [3.63, 3.8) is 0 Å². The summed E-state index contributed by atoms with van der Waals surface area (Å²) >= 11 is 0. The fourth-order valence-electron chi connectivity index (χ4n) is 1.01. The van der Waals surface area contributed by atoms with Gasteiger partial charge in [0.15, 0.2) is 0 Å². The molecule has 0 unspecified atom stereocenters. The number of nitrogens with one attached hydrogen (secondary N) is 1. The van der Waals surface area contributed by atoms with Crippen molar-refractivity contribution in [1.29, 1.82) is 0 Å². The quantitative estimate of drug-likeness (QED) is 0.765. The van der Waals surface area contributed by atoms with Crippen molar-refractivity contribution in [3.8, 4) is 0 Å². The van der Waals surface area contributed by atoms with Gasteiger partial charge in [0.05, 0.1) is 6.61 Å². The number of hydrogen-bond acceptors (Lipinski definition) is 2. The maximum absolute atomic E-state index is 12.5. The standard InChI is InChI=1S/C10H14FNO.ClH/c1-13-7-6-12-8-9-2-4-10(11)5-3-9;/h2-5,12H,6-8H2,1H3;1H. The normalized spacial score (nSPS) is 9.57. The van der Waals surface area contributed by atoms with E-state index in [-0.39, 0.29) is 18.2 Å². The van der Waals surface area contributed by atoms with Crippen molar-refractivity contribution in [2.24, 2.45) is 0 Å². The van der Waals surface area contributed by atoms with Gasteiger partial charge in [-0.05, 0) is 17.7 Å². The molecule has 0 aliphatic heterocycles. The summed E-state index contributed by atoms with van der Waals surface area (Å²) in [6.45, 7) is 2.26. The monoisotopic (exact) mass is 219 g/mol. The van der Waals surface area contributed by atoms with Gasteiger partial charge in [-0.15, -0.1) is 12.4 Å². The van der Waals surface area contributed by atoms with E-state index < -0.39 is 0 Å². The molecule has 0 aromatic heterocycles. The topological polar surface area (TPSA) is 21.3 Å². The average Bonchev–Trinajstić information content (AvgIpc) is 2.15. The molecule has 4 heteroatoms. The summed E-state index contributed by atoms with van der Waals surface area (Å²) in [6.07, 6.45) is 0. The van der Waals surface area contributed by atoms with Gasteiger partial charge in [0.1, 0.15) is 5.82 Å². The molecule has 0 fully saturated rings. The van der Waals surface area contributed by atoms with Crippen molar-refractivity contribution in [2.75, 3.05) is 20.3 Å². The van der Waals surface area contributed by atoms with Gasteiger partial charge in [0, 0.05) is 20.2 Å². The highest BCUT2D eigenvalue weighted by atomic mass is 35.5. The third kappa shape index (κ3) is 5.17. The van der Waals surface area contributed by atoms with Crippen LogP contribution in [0.15, 0.2) is 24.3 Å². The van der Waals surface area contributed by atoms with E-state index >= 15 is 0 Å². The molecule has 0 spiro atoms. The molecule has 1 aromatic rings. The van der Waals surface area contributed by atoms with Crippen LogP contribution in [0.2, 0.25) is 0 Å². The molecule has 0 aliphatic rings. The second-order valence-corrected chi connectivity index (χ2v) is 2.80. The van der Waals surface area contributed by atoms with Crippen molar-refractivity contribution in [2.45, 2.75) is 6.54 Å². The summed E-state index contributed by atoms with van der Waals surface area (Å²) in [7, 11) is 1.67. The largest absolute Gasteiger partial charge is 0.383 e. The highest BCUT2D eigenvalue weighted by Gasteiger charge is 1.92. The first-order valence-corrected chi connectivity index (χ1v) is 4.27. The van der Waals surface area contributed by atoms with Gasteiger partial charge in [0.25, 0.3) is 0 Å². The van der Waals surface area contributed by atoms with Crippen LogP contribution in [0.1, 0.15) is 5.56 Å². The van der Waals surface area contributed by atoms with E-state index in [1.54, 1.807) is 19.2 Å². The molecule has 1 rings (SSSR count). The molecular weight excluding hydrogens is 205 g/mol. The minimum atomic E-state index is -0.194. The zero-order valence-electron chi connectivity index (χ0n) is 8.13. The van der Waals surface area contributed by atoms with Crippen LogP contribution in [0.3, 0.4) is 0 Å². The summed E-state index contributed by atoms with van der Waals surface area (Å²) in [6, 6.07) is 6.48. The molecule has 14 heavy (non-hydrogen) atoms. The molecule has 80 valence electrons. The lowest BCUT2D eigenvalue weighted by atomic mass is 10.2. The Morgan fingerprint density at radius 1 is 1.29 bits per heavy atom. The molecule has 2 nitrogen and oxygen atoms in total. The molecule has 0 saturated heterocycles. The fraction of sp³-hybridized carbons (Fsp3) is 0.400. The summed E-state index contributed by atoms with van der Waals surface area (Å²) in [5.74, 6) is -0.194. The Bertz CT molecular complexity index is 240. The van der Waals surface area contributed by atoms with Crippen molar-refractivity contribution >= 4 is 12.4 Å². The van der Waals surface area contributed by atoms with E-state index in [0.717, 1.165) is 18.7 Å². The van der Waals surface area contributed by atoms with Crippen LogP contribution < -0.4 is 5.32 Å². The molecule has 0 heterocycles. The molecule has 1 aromatic carbocycles. The highest BCUT2D eigenvalue weighted by Crippen LogP contribution is 2.01. The molecule has 0 bridgehead atoms. The second kappa shape index (κ2) is 7.74. The minimum absolute atomic E-state index is 0. The van der Waals surface area contributed by atoms with Crippen molar-refractivity contribution in [1.82, 2.24) is 5.32 Å². The van der Waals surface area contributed by atoms with Crippen LogP contribution in [0.5, 0.6) is 0 Å². The Morgan fingerprint density at radius 2 is 1.93 bits per heavy atom. The van der Waals surface area contributed by atoms with E-state index in [1.165, 1.54) is 12.1 Å². The van der Waals surface area contributed by atoms with Crippen molar-refractivity contribution < 1.29 is 9.13 Å². The van der Waals surface area contributed by atoms with Crippen molar-refractivity contribution in [3.05, 3.63) is 35.6 Å². The maximum atomic E-state index is 12.5. The Balaban J connectivity index is 0.00000169. The fourth-order valence-corrected chi connectivity index (χ4v) is 1.01. The van der Waals surface area contributed by atoms with E-state index in [1.807, 2.05) is 0 Å². The number of ether oxygens (including phenoxy) is 1. The van der Waals surface area contributed by atoms with Gasteiger partial charge < -0.3 is 10.1 Å². The summed E-state index contributed by atoms with van der Waals surface area (Å²) in [4.78, 5) is 0. The Morgan fingerprint density at radius 3 is 2.50 bits per heavy atom. The van der Waals surface area contributed by atoms with Gasteiger partial charge in [-0.2, -0.15) is 0 Å². The number of hydrogen-bond donors (Lipinski definition) is 1. The summed E-state index contributed by atoms with van der Waals surface area (Å²) in [5, 5.41) is 3.17. The molecule has 1 N–H and O–H groups in total. The van der Waals surface area contributed by atoms with Gasteiger partial charge in [-0.3, -0.25) is 0 Å². The lowest BCUT2D eigenvalue weighted by Gasteiger charge is -2.03. The van der Waals surface area contributed by atoms with Gasteiger partial charge >= 0.3 is 0 Å². The first-order valence-electron chi connectivity index (χ1n) is 4.27.